The second-order valence-corrected chi connectivity index (χ2v) is 6.50. The fraction of sp³-hybridized carbons (Fsp3) is 0.389. The highest BCUT2D eigenvalue weighted by Crippen LogP contribution is 2.25. The third kappa shape index (κ3) is 3.51. The first-order valence-corrected chi connectivity index (χ1v) is 8.55. The maximum absolute atomic E-state index is 13.2. The second kappa shape index (κ2) is 6.97. The lowest BCUT2D eigenvalue weighted by atomic mass is 10.2. The monoisotopic (exact) mass is 357 g/mol. The van der Waals surface area contributed by atoms with Gasteiger partial charge in [0, 0.05) is 32.8 Å². The third-order valence-electron chi connectivity index (χ3n) is 4.33. The molecule has 0 bridgehead atoms. The second-order valence-electron chi connectivity index (χ2n) is 6.50. The molecule has 0 spiro atoms. The van der Waals surface area contributed by atoms with Gasteiger partial charge in [-0.2, -0.15) is 5.10 Å². The zero-order chi connectivity index (χ0) is 18.1. The predicted molar refractivity (Wildman–Crippen MR) is 91.1 cm³/mol. The first-order valence-electron chi connectivity index (χ1n) is 8.55. The van der Waals surface area contributed by atoms with Crippen LogP contribution in [0.5, 0.6) is 0 Å². The summed E-state index contributed by atoms with van der Waals surface area (Å²) in [6.07, 6.45) is 1.55. The minimum atomic E-state index is -0.262. The van der Waals surface area contributed by atoms with Crippen molar-refractivity contribution in [2.45, 2.75) is 32.6 Å². The van der Waals surface area contributed by atoms with Crippen molar-refractivity contribution >= 4 is 0 Å². The standard InChI is InChI=1S/C18H20FN5O2/c1-12-9-23(11-17(25-12)18-22-21-13(2)26-18)10-16-7-8-20-24(16)15-5-3-14(19)4-6-15/h3-8,12,17H,9-11H2,1-2H3/t12-,17-/m1/s1. The molecule has 7 nitrogen and oxygen atoms in total. The summed E-state index contributed by atoms with van der Waals surface area (Å²) >= 11 is 0. The number of benzene rings is 1. The van der Waals surface area contributed by atoms with Gasteiger partial charge in [-0.25, -0.2) is 9.07 Å². The average molecular weight is 357 g/mol. The van der Waals surface area contributed by atoms with E-state index in [1.54, 1.807) is 25.3 Å². The number of aryl methyl sites for hydroxylation is 1. The van der Waals surface area contributed by atoms with E-state index >= 15 is 0 Å². The molecule has 3 aromatic rings. The molecule has 1 aromatic carbocycles. The van der Waals surface area contributed by atoms with Crippen LogP contribution in [0.25, 0.3) is 5.69 Å². The van der Waals surface area contributed by atoms with E-state index in [4.69, 9.17) is 9.15 Å². The van der Waals surface area contributed by atoms with Gasteiger partial charge in [-0.3, -0.25) is 4.90 Å². The van der Waals surface area contributed by atoms with E-state index in [-0.39, 0.29) is 18.0 Å². The molecule has 1 fully saturated rings. The van der Waals surface area contributed by atoms with Gasteiger partial charge < -0.3 is 9.15 Å². The summed E-state index contributed by atoms with van der Waals surface area (Å²) in [5.74, 6) is 0.774. The van der Waals surface area contributed by atoms with Crippen LogP contribution in [-0.4, -0.2) is 44.1 Å². The summed E-state index contributed by atoms with van der Waals surface area (Å²) in [6, 6.07) is 8.28. The van der Waals surface area contributed by atoms with Crippen molar-refractivity contribution in [2.24, 2.45) is 0 Å². The van der Waals surface area contributed by atoms with Crippen molar-refractivity contribution in [1.82, 2.24) is 24.9 Å². The van der Waals surface area contributed by atoms with Gasteiger partial charge in [0.2, 0.25) is 11.8 Å². The molecule has 0 saturated carbocycles. The average Bonchev–Trinajstić information content (AvgIpc) is 3.24. The number of morpholine rings is 1. The maximum atomic E-state index is 13.2. The van der Waals surface area contributed by atoms with Crippen molar-refractivity contribution in [1.29, 1.82) is 0 Å². The Balaban J connectivity index is 1.52. The van der Waals surface area contributed by atoms with Crippen molar-refractivity contribution in [3.63, 3.8) is 0 Å². The summed E-state index contributed by atoms with van der Waals surface area (Å²) in [6.45, 7) is 5.93. The zero-order valence-electron chi connectivity index (χ0n) is 14.7. The van der Waals surface area contributed by atoms with Crippen LogP contribution in [0.15, 0.2) is 40.9 Å². The van der Waals surface area contributed by atoms with Crippen molar-refractivity contribution in [2.75, 3.05) is 13.1 Å². The number of nitrogens with zero attached hydrogens (tertiary/aromatic N) is 5. The molecule has 0 N–H and O–H groups in total. The Labute approximate surface area is 150 Å². The minimum Gasteiger partial charge on any atom is -0.423 e. The predicted octanol–water partition coefficient (Wildman–Crippen LogP) is 2.66. The molecule has 3 heterocycles. The maximum Gasteiger partial charge on any atom is 0.246 e. The molecule has 26 heavy (non-hydrogen) atoms. The molecule has 136 valence electrons. The first kappa shape index (κ1) is 16.9. The van der Waals surface area contributed by atoms with Crippen LogP contribution in [-0.2, 0) is 11.3 Å². The van der Waals surface area contributed by atoms with E-state index in [1.165, 1.54) is 12.1 Å². The van der Waals surface area contributed by atoms with Gasteiger partial charge in [-0.1, -0.05) is 0 Å². The molecule has 0 amide bonds. The number of ether oxygens (including phenoxy) is 1. The summed E-state index contributed by atoms with van der Waals surface area (Å²) in [5, 5.41) is 12.4. The Bertz CT molecular complexity index is 876. The lowest BCUT2D eigenvalue weighted by Crippen LogP contribution is -2.42. The van der Waals surface area contributed by atoms with Gasteiger partial charge in [0.1, 0.15) is 11.9 Å². The molecule has 8 heteroatoms. The van der Waals surface area contributed by atoms with Gasteiger partial charge >= 0.3 is 0 Å². The van der Waals surface area contributed by atoms with Crippen molar-refractivity contribution in [3.8, 4) is 5.69 Å². The number of hydrogen-bond donors (Lipinski definition) is 0. The van der Waals surface area contributed by atoms with E-state index in [0.29, 0.717) is 24.9 Å². The summed E-state index contributed by atoms with van der Waals surface area (Å²) in [7, 11) is 0. The Morgan fingerprint density at radius 3 is 2.69 bits per heavy atom. The molecule has 1 aliphatic heterocycles. The number of rotatable bonds is 4. The molecule has 0 unspecified atom stereocenters. The van der Waals surface area contributed by atoms with Gasteiger partial charge in [-0.05, 0) is 37.3 Å². The molecule has 1 saturated heterocycles. The summed E-state index contributed by atoms with van der Waals surface area (Å²) < 4.78 is 26.5. The molecule has 4 rings (SSSR count). The number of hydrogen-bond acceptors (Lipinski definition) is 6. The number of halogens is 1. The van der Waals surface area contributed by atoms with Crippen LogP contribution in [0.2, 0.25) is 0 Å². The van der Waals surface area contributed by atoms with Crippen LogP contribution in [0, 0.1) is 12.7 Å². The lowest BCUT2D eigenvalue weighted by Gasteiger charge is -2.35. The van der Waals surface area contributed by atoms with Crippen molar-refractivity contribution in [3.05, 3.63) is 59.8 Å². The highest BCUT2D eigenvalue weighted by Gasteiger charge is 2.30. The molecule has 2 atom stereocenters. The van der Waals surface area contributed by atoms with Crippen LogP contribution >= 0.6 is 0 Å². The van der Waals surface area contributed by atoms with Crippen LogP contribution in [0.4, 0.5) is 4.39 Å². The minimum absolute atomic E-state index is 0.0446. The molecular formula is C18H20FN5O2. The SMILES string of the molecule is Cc1nnc([C@H]2CN(Cc3ccnn3-c3ccc(F)cc3)C[C@@H](C)O2)o1. The zero-order valence-corrected chi connectivity index (χ0v) is 14.7. The quantitative estimate of drug-likeness (QED) is 0.715. The fourth-order valence-electron chi connectivity index (χ4n) is 3.24. The van der Waals surface area contributed by atoms with Gasteiger partial charge in [0.25, 0.3) is 0 Å². The summed E-state index contributed by atoms with van der Waals surface area (Å²) in [4.78, 5) is 2.27. The molecule has 1 aliphatic rings. The number of aromatic nitrogens is 4. The topological polar surface area (TPSA) is 69.2 Å². The highest BCUT2D eigenvalue weighted by atomic mass is 19.1. The van der Waals surface area contributed by atoms with E-state index in [9.17, 15) is 4.39 Å². The summed E-state index contributed by atoms with van der Waals surface area (Å²) in [5.41, 5.74) is 1.85. The molecule has 0 aliphatic carbocycles. The smallest absolute Gasteiger partial charge is 0.246 e. The lowest BCUT2D eigenvalue weighted by molar-refractivity contribution is -0.0921. The Kier molecular flexibility index (Phi) is 4.52. The third-order valence-corrected chi connectivity index (χ3v) is 4.33. The van der Waals surface area contributed by atoms with E-state index < -0.39 is 0 Å². The highest BCUT2D eigenvalue weighted by molar-refractivity contribution is 5.32. The largest absolute Gasteiger partial charge is 0.423 e. The van der Waals surface area contributed by atoms with Crippen LogP contribution in [0.1, 0.15) is 30.5 Å². The molecular weight excluding hydrogens is 337 g/mol. The fourth-order valence-corrected chi connectivity index (χ4v) is 3.24. The van der Waals surface area contributed by atoms with Gasteiger partial charge in [0.15, 0.2) is 0 Å². The van der Waals surface area contributed by atoms with Crippen molar-refractivity contribution < 1.29 is 13.5 Å². The Morgan fingerprint density at radius 2 is 1.96 bits per heavy atom. The first-order chi connectivity index (χ1) is 12.6. The van der Waals surface area contributed by atoms with Crippen LogP contribution < -0.4 is 0 Å². The van der Waals surface area contributed by atoms with Gasteiger partial charge in [0.05, 0.1) is 17.5 Å². The van der Waals surface area contributed by atoms with E-state index in [2.05, 4.69) is 20.2 Å². The Morgan fingerprint density at radius 1 is 1.15 bits per heavy atom. The Hall–Kier alpha value is -2.58. The van der Waals surface area contributed by atoms with E-state index in [1.807, 2.05) is 17.7 Å². The normalized spacial score (nSPS) is 21.2. The molecule has 0 radical (unpaired) electrons. The van der Waals surface area contributed by atoms with Gasteiger partial charge in [-0.15, -0.1) is 10.2 Å². The van der Waals surface area contributed by atoms with E-state index in [0.717, 1.165) is 17.9 Å². The van der Waals surface area contributed by atoms with Crippen LogP contribution in [0.3, 0.4) is 0 Å². The molecule has 2 aromatic heterocycles.